The number of thioether (sulfide) groups is 1. The summed E-state index contributed by atoms with van der Waals surface area (Å²) in [7, 11) is -1.59. The third-order valence-corrected chi connectivity index (χ3v) is 7.46. The molecule has 3 atom stereocenters. The van der Waals surface area contributed by atoms with Crippen molar-refractivity contribution in [2.45, 2.75) is 23.5 Å². The average Bonchev–Trinajstić information content (AvgIpc) is 2.72. The molecule has 28 heavy (non-hydrogen) atoms. The van der Waals surface area contributed by atoms with Crippen LogP contribution in [-0.2, 0) is 9.36 Å². The van der Waals surface area contributed by atoms with Crippen molar-refractivity contribution >= 4 is 36.4 Å². The number of nitrogens with zero attached hydrogens (tertiary/aromatic N) is 1. The van der Waals surface area contributed by atoms with Crippen molar-refractivity contribution < 1.29 is 19.6 Å². The molecule has 0 spiro atoms. The van der Waals surface area contributed by atoms with E-state index in [0.29, 0.717) is 11.7 Å². The highest BCUT2D eigenvalue weighted by molar-refractivity contribution is 8.03. The second kappa shape index (κ2) is 9.78. The molecule has 3 aromatic rings. The SMILES string of the molecule is O=C(O)C(O)CC(C[P+](=O)CSc1ccc2ccccc2n1)c1ccccc1. The van der Waals surface area contributed by atoms with E-state index in [0.717, 1.165) is 21.5 Å². The first-order valence-electron chi connectivity index (χ1n) is 8.89. The molecule has 0 bridgehead atoms. The zero-order valence-corrected chi connectivity index (χ0v) is 16.9. The topological polar surface area (TPSA) is 87.5 Å². The highest BCUT2D eigenvalue weighted by Gasteiger charge is 2.29. The molecule has 7 heteroatoms. The highest BCUT2D eigenvalue weighted by Crippen LogP contribution is 2.37. The molecule has 2 aromatic carbocycles. The second-order valence-corrected chi connectivity index (χ2v) is 9.55. The van der Waals surface area contributed by atoms with E-state index in [-0.39, 0.29) is 12.3 Å². The van der Waals surface area contributed by atoms with Gasteiger partial charge in [0.1, 0.15) is 5.03 Å². The van der Waals surface area contributed by atoms with Crippen LogP contribution in [0.5, 0.6) is 0 Å². The average molecular weight is 414 g/mol. The summed E-state index contributed by atoms with van der Waals surface area (Å²) in [5.74, 6) is -1.54. The quantitative estimate of drug-likeness (QED) is 0.389. The minimum atomic E-state index is -1.59. The van der Waals surface area contributed by atoms with Crippen molar-refractivity contribution in [1.29, 1.82) is 0 Å². The Balaban J connectivity index is 1.64. The molecule has 0 radical (unpaired) electrons. The smallest absolute Gasteiger partial charge is 0.350 e. The highest BCUT2D eigenvalue weighted by atomic mass is 32.2. The van der Waals surface area contributed by atoms with Crippen molar-refractivity contribution in [3.8, 4) is 0 Å². The van der Waals surface area contributed by atoms with Crippen molar-refractivity contribution in [2.24, 2.45) is 0 Å². The normalized spacial score (nSPS) is 13.8. The van der Waals surface area contributed by atoms with Crippen molar-refractivity contribution in [3.63, 3.8) is 0 Å². The third-order valence-electron chi connectivity index (χ3n) is 4.42. The number of pyridine rings is 1. The Morgan fingerprint density at radius 3 is 2.50 bits per heavy atom. The molecule has 0 aliphatic rings. The predicted octanol–water partition coefficient (Wildman–Crippen LogP) is 4.73. The first kappa shape index (κ1) is 20.5. The Morgan fingerprint density at radius 2 is 1.75 bits per heavy atom. The number of hydrogen-bond donors (Lipinski definition) is 2. The molecular weight excluding hydrogens is 393 g/mol. The molecule has 1 heterocycles. The van der Waals surface area contributed by atoms with Crippen LogP contribution in [0.2, 0.25) is 0 Å². The van der Waals surface area contributed by atoms with Gasteiger partial charge in [0.05, 0.1) is 5.52 Å². The molecule has 3 rings (SSSR count). The van der Waals surface area contributed by atoms with Crippen molar-refractivity contribution in [1.82, 2.24) is 4.98 Å². The Labute approximate surface area is 168 Å². The van der Waals surface area contributed by atoms with E-state index in [4.69, 9.17) is 5.11 Å². The number of hydrogen-bond acceptors (Lipinski definition) is 5. The fraction of sp³-hybridized carbons (Fsp3) is 0.238. The van der Waals surface area contributed by atoms with Gasteiger partial charge in [0, 0.05) is 11.3 Å². The number of carbonyl (C=O) groups is 1. The summed E-state index contributed by atoms with van der Waals surface area (Å²) in [5.41, 5.74) is 2.18. The molecule has 0 fully saturated rings. The molecule has 0 saturated carbocycles. The van der Waals surface area contributed by atoms with Crippen LogP contribution in [0.4, 0.5) is 0 Å². The maximum absolute atomic E-state index is 12.7. The van der Waals surface area contributed by atoms with Crippen LogP contribution >= 0.6 is 19.6 Å². The monoisotopic (exact) mass is 414 g/mol. The molecule has 0 amide bonds. The maximum Gasteiger partial charge on any atom is 0.350 e. The number of carboxylic acids is 1. The maximum atomic E-state index is 12.7. The van der Waals surface area contributed by atoms with Crippen LogP contribution in [0.1, 0.15) is 17.9 Å². The lowest BCUT2D eigenvalue weighted by atomic mass is 9.95. The summed E-state index contributed by atoms with van der Waals surface area (Å²) >= 11 is 1.43. The Hall–Kier alpha value is -2.27. The molecule has 1 aromatic heterocycles. The number of aromatic nitrogens is 1. The Morgan fingerprint density at radius 1 is 1.04 bits per heavy atom. The van der Waals surface area contributed by atoms with Crippen LogP contribution in [0.15, 0.2) is 71.8 Å². The number of rotatable bonds is 9. The number of aliphatic hydroxyl groups is 1. The molecule has 3 unspecified atom stereocenters. The molecule has 0 saturated heterocycles. The molecule has 0 aliphatic carbocycles. The minimum Gasteiger partial charge on any atom is -0.479 e. The molecule has 144 valence electrons. The summed E-state index contributed by atoms with van der Waals surface area (Å²) in [6, 6.07) is 21.1. The molecular formula is C21H21NO4PS+. The van der Waals surface area contributed by atoms with Crippen LogP contribution in [0.25, 0.3) is 10.9 Å². The first-order valence-corrected chi connectivity index (χ1v) is 11.5. The van der Waals surface area contributed by atoms with Gasteiger partial charge in [0.25, 0.3) is 0 Å². The summed E-state index contributed by atoms with van der Waals surface area (Å²) < 4.78 is 12.7. The van der Waals surface area contributed by atoms with Crippen LogP contribution in [0, 0.1) is 0 Å². The van der Waals surface area contributed by atoms with Gasteiger partial charge in [0.2, 0.25) is 0 Å². The van der Waals surface area contributed by atoms with E-state index in [1.54, 1.807) is 0 Å². The minimum absolute atomic E-state index is 0.0410. The third kappa shape index (κ3) is 5.61. The van der Waals surface area contributed by atoms with Crippen LogP contribution in [-0.4, -0.2) is 38.9 Å². The van der Waals surface area contributed by atoms with E-state index >= 15 is 0 Å². The lowest BCUT2D eigenvalue weighted by Crippen LogP contribution is -2.23. The Kier molecular flexibility index (Phi) is 7.15. The van der Waals surface area contributed by atoms with Gasteiger partial charge in [-0.15, -0.1) is 0 Å². The summed E-state index contributed by atoms with van der Waals surface area (Å²) in [4.78, 5) is 15.6. The predicted molar refractivity (Wildman–Crippen MR) is 112 cm³/mol. The lowest BCUT2D eigenvalue weighted by molar-refractivity contribution is -0.147. The van der Waals surface area contributed by atoms with Gasteiger partial charge in [-0.05, 0) is 24.1 Å². The summed E-state index contributed by atoms with van der Waals surface area (Å²) in [5, 5.41) is 20.7. The Bertz CT molecular complexity index is 967. The fourth-order valence-corrected chi connectivity index (χ4v) is 5.68. The van der Waals surface area contributed by atoms with Crippen molar-refractivity contribution in [2.75, 3.05) is 11.7 Å². The van der Waals surface area contributed by atoms with E-state index in [1.807, 2.05) is 66.7 Å². The lowest BCUT2D eigenvalue weighted by Gasteiger charge is -2.14. The number of fused-ring (bicyclic) bond motifs is 1. The van der Waals surface area contributed by atoms with Gasteiger partial charge in [-0.25, -0.2) is 9.78 Å². The van der Waals surface area contributed by atoms with E-state index in [9.17, 15) is 14.5 Å². The largest absolute Gasteiger partial charge is 0.479 e. The van der Waals surface area contributed by atoms with Gasteiger partial charge in [0.15, 0.2) is 17.8 Å². The zero-order valence-electron chi connectivity index (χ0n) is 15.1. The van der Waals surface area contributed by atoms with E-state index in [2.05, 4.69) is 4.98 Å². The fourth-order valence-electron chi connectivity index (χ4n) is 2.98. The standard InChI is InChI=1S/C21H20NO4PS/c23-19(21(24)25)12-17(15-6-2-1-3-7-15)13-27(26)14-28-20-11-10-16-8-4-5-9-18(16)22-20/h1-11,17,19,23H,12-14H2/p+1. The van der Waals surface area contributed by atoms with Gasteiger partial charge >= 0.3 is 13.8 Å². The zero-order chi connectivity index (χ0) is 19.9. The molecule has 2 N–H and O–H groups in total. The molecule has 5 nitrogen and oxygen atoms in total. The van der Waals surface area contributed by atoms with Gasteiger partial charge in [-0.3, -0.25) is 0 Å². The van der Waals surface area contributed by atoms with Gasteiger partial charge in [-0.2, -0.15) is 0 Å². The summed E-state index contributed by atoms with van der Waals surface area (Å²) in [6.07, 6.45) is -1.10. The number of para-hydroxylation sites is 1. The number of aliphatic carboxylic acids is 1. The van der Waals surface area contributed by atoms with Gasteiger partial charge in [-0.1, -0.05) is 70.9 Å². The second-order valence-electron chi connectivity index (χ2n) is 6.48. The van der Waals surface area contributed by atoms with Gasteiger partial charge < -0.3 is 10.2 Å². The number of carboxylic acid groups (broad SMARTS) is 1. The van der Waals surface area contributed by atoms with Crippen LogP contribution < -0.4 is 0 Å². The van der Waals surface area contributed by atoms with E-state index in [1.165, 1.54) is 11.8 Å². The van der Waals surface area contributed by atoms with Crippen molar-refractivity contribution in [3.05, 3.63) is 72.3 Å². The number of benzene rings is 2. The van der Waals surface area contributed by atoms with E-state index < -0.39 is 19.9 Å². The van der Waals surface area contributed by atoms with Crippen LogP contribution in [0.3, 0.4) is 0 Å². The number of aliphatic hydroxyl groups excluding tert-OH is 1. The first-order chi connectivity index (χ1) is 13.5. The summed E-state index contributed by atoms with van der Waals surface area (Å²) in [6.45, 7) is 0. The molecule has 0 aliphatic heterocycles.